The van der Waals surface area contributed by atoms with Gasteiger partial charge in [-0.05, 0) is 0 Å². The number of quaternary nitrogens is 8. The monoisotopic (exact) mass is 272 g/mol. The van der Waals surface area contributed by atoms with Gasteiger partial charge in [-0.15, -0.1) is 0 Å². The normalized spacial score (nSPS) is 0. The molecular weight excluding hydrogens is 240 g/mol. The molecule has 0 aliphatic heterocycles. The van der Waals surface area contributed by atoms with Crippen molar-refractivity contribution in [2.24, 2.45) is 0 Å². The standard InChI is InChI=1S/8H3N.4S/h8*1H3;;;;/q;;;;;;;;4*-2/p+8. The van der Waals surface area contributed by atoms with Crippen LogP contribution in [-0.4, -0.2) is 0 Å². The fraction of sp³-hybridized carbons (Fsp3) is 0. The molecule has 96 valence electrons. The van der Waals surface area contributed by atoms with Gasteiger partial charge in [0.1, 0.15) is 0 Å². The minimum Gasteiger partial charge on any atom is -2.00 e. The van der Waals surface area contributed by atoms with Crippen molar-refractivity contribution in [1.82, 2.24) is 49.2 Å². The molecule has 12 heavy (non-hydrogen) atoms. The summed E-state index contributed by atoms with van der Waals surface area (Å²) in [4.78, 5) is 0. The highest BCUT2D eigenvalue weighted by atomic mass is 32.1. The molecular formula is H32N8S4. The van der Waals surface area contributed by atoms with Gasteiger partial charge in [-0.25, -0.2) is 0 Å². The van der Waals surface area contributed by atoms with Gasteiger partial charge >= 0.3 is 0 Å². The maximum atomic E-state index is 0. The molecule has 0 bridgehead atoms. The van der Waals surface area contributed by atoms with E-state index < -0.39 is 0 Å². The zero-order chi connectivity index (χ0) is 0. The maximum absolute atomic E-state index is 0. The van der Waals surface area contributed by atoms with E-state index in [2.05, 4.69) is 0 Å². The Morgan fingerprint density at radius 1 is 0.167 bits per heavy atom. The molecule has 0 radical (unpaired) electrons. The Morgan fingerprint density at radius 3 is 0.167 bits per heavy atom. The third-order valence-corrected chi connectivity index (χ3v) is 0. The second kappa shape index (κ2) is 1270. The van der Waals surface area contributed by atoms with Crippen LogP contribution in [0, 0.1) is 0 Å². The van der Waals surface area contributed by atoms with E-state index in [-0.39, 0.29) is 103 Å². The molecule has 0 fully saturated rings. The molecule has 32 N–H and O–H groups in total. The molecule has 0 saturated carbocycles. The summed E-state index contributed by atoms with van der Waals surface area (Å²) in [7, 11) is 0. The Morgan fingerprint density at radius 2 is 0.167 bits per heavy atom. The summed E-state index contributed by atoms with van der Waals surface area (Å²) in [5, 5.41) is 0. The van der Waals surface area contributed by atoms with Crippen LogP contribution < -0.4 is 49.2 Å². The van der Waals surface area contributed by atoms with Crippen LogP contribution in [0.1, 0.15) is 0 Å². The van der Waals surface area contributed by atoms with Crippen LogP contribution in [0.25, 0.3) is 0 Å². The molecule has 0 aromatic heterocycles. The highest BCUT2D eigenvalue weighted by Gasteiger charge is -0.362. The summed E-state index contributed by atoms with van der Waals surface area (Å²) in [6.07, 6.45) is 0. The largest absolute Gasteiger partial charge is 2.00 e. The second-order valence-corrected chi connectivity index (χ2v) is 0. The van der Waals surface area contributed by atoms with Gasteiger partial charge in [0.15, 0.2) is 0 Å². The lowest BCUT2D eigenvalue weighted by molar-refractivity contribution is 2.13. The Labute approximate surface area is 103 Å². The van der Waals surface area contributed by atoms with E-state index >= 15 is 0 Å². The zero-order valence-corrected chi connectivity index (χ0v) is 12.9. The van der Waals surface area contributed by atoms with E-state index in [0.717, 1.165) is 0 Å². The third-order valence-electron chi connectivity index (χ3n) is 0. The molecule has 0 aromatic rings. The summed E-state index contributed by atoms with van der Waals surface area (Å²) >= 11 is 0. The van der Waals surface area contributed by atoms with Gasteiger partial charge in [0.2, 0.25) is 0 Å². The summed E-state index contributed by atoms with van der Waals surface area (Å²) in [5.41, 5.74) is 0. The van der Waals surface area contributed by atoms with Crippen molar-refractivity contribution < 1.29 is 0 Å². The lowest BCUT2D eigenvalue weighted by Crippen LogP contribution is -0.482. The van der Waals surface area contributed by atoms with Gasteiger partial charge in [0, 0.05) is 0 Å². The predicted molar refractivity (Wildman–Crippen MR) is 77.3 cm³/mol. The van der Waals surface area contributed by atoms with Crippen LogP contribution in [0.3, 0.4) is 0 Å². The first-order valence-electron chi connectivity index (χ1n) is 0. The van der Waals surface area contributed by atoms with E-state index in [1.165, 1.54) is 0 Å². The van der Waals surface area contributed by atoms with E-state index in [1.54, 1.807) is 0 Å². The van der Waals surface area contributed by atoms with E-state index in [1.807, 2.05) is 0 Å². The van der Waals surface area contributed by atoms with Crippen molar-refractivity contribution in [2.45, 2.75) is 0 Å². The lowest BCUT2D eigenvalue weighted by atomic mass is 14.0. The highest BCUT2D eigenvalue weighted by Crippen LogP contribution is 0.000667. The van der Waals surface area contributed by atoms with Crippen molar-refractivity contribution in [3.05, 3.63) is 0 Å². The quantitative estimate of drug-likeness (QED) is 0.315. The average molecular weight is 273 g/mol. The summed E-state index contributed by atoms with van der Waals surface area (Å²) in [6, 6.07) is 0. The third kappa shape index (κ3) is 965. The van der Waals surface area contributed by atoms with Gasteiger partial charge in [-0.1, -0.05) is 0 Å². The first kappa shape index (κ1) is 1640. The lowest BCUT2D eigenvalue weighted by Gasteiger charge is -2.00. The summed E-state index contributed by atoms with van der Waals surface area (Å²) in [5.74, 6) is 0. The van der Waals surface area contributed by atoms with Crippen molar-refractivity contribution in [3.8, 4) is 0 Å². The van der Waals surface area contributed by atoms with Crippen LogP contribution >= 0.6 is 0 Å². The molecule has 0 aliphatic rings. The predicted octanol–water partition coefficient (Wildman–Crippen LogP) is 3.00. The molecule has 0 unspecified atom stereocenters. The molecule has 0 rings (SSSR count). The number of hydrogen-bond donors (Lipinski definition) is 8. The smallest absolute Gasteiger partial charge is 0.369 e. The van der Waals surface area contributed by atoms with Crippen LogP contribution in [0.15, 0.2) is 0 Å². The SMILES string of the molecule is [NH4+].[NH4+].[NH4+].[NH4+].[NH4+].[NH4+].[NH4+].[NH4+].[S-2].[S-2].[S-2].[S-2]. The first-order chi connectivity index (χ1) is 0. The van der Waals surface area contributed by atoms with Gasteiger partial charge < -0.3 is 103 Å². The average Bonchev–Trinajstić information content (AvgIpc) is 0. The summed E-state index contributed by atoms with van der Waals surface area (Å²) in [6.45, 7) is 0. The number of rotatable bonds is 0. The molecule has 0 atom stereocenters. The highest BCUT2D eigenvalue weighted by molar-refractivity contribution is 7.37. The van der Waals surface area contributed by atoms with Crippen LogP contribution in [0.2, 0.25) is 0 Å². The Kier molecular flexibility index (Phi) is 173000. The van der Waals surface area contributed by atoms with Crippen molar-refractivity contribution in [3.63, 3.8) is 0 Å². The fourth-order valence-electron chi connectivity index (χ4n) is 0. The maximum Gasteiger partial charge on any atom is -0.369 e. The number of hydrogen-bond acceptors (Lipinski definition) is 0. The molecule has 0 amide bonds. The topological polar surface area (TPSA) is 292 Å². The molecule has 0 saturated heterocycles. The Bertz CT molecular complexity index is 11.0. The van der Waals surface area contributed by atoms with Crippen LogP contribution in [0.4, 0.5) is 0 Å². The van der Waals surface area contributed by atoms with Gasteiger partial charge in [-0.3, -0.25) is 0 Å². The molecule has 8 nitrogen and oxygen atoms in total. The second-order valence-electron chi connectivity index (χ2n) is 0. The first-order valence-corrected chi connectivity index (χ1v) is 0. The van der Waals surface area contributed by atoms with Crippen molar-refractivity contribution in [1.29, 1.82) is 0 Å². The molecule has 0 aromatic carbocycles. The zero-order valence-electron chi connectivity index (χ0n) is 9.63. The molecule has 0 aliphatic carbocycles. The van der Waals surface area contributed by atoms with Crippen molar-refractivity contribution >= 4 is 54.0 Å². The van der Waals surface area contributed by atoms with E-state index in [4.69, 9.17) is 0 Å². The fourth-order valence-corrected chi connectivity index (χ4v) is 0. The minimum absolute atomic E-state index is 0. The van der Waals surface area contributed by atoms with Crippen LogP contribution in [0.5, 0.6) is 0 Å². The van der Waals surface area contributed by atoms with Crippen molar-refractivity contribution in [2.75, 3.05) is 0 Å². The van der Waals surface area contributed by atoms with E-state index in [0.29, 0.717) is 0 Å². The molecule has 12 heteroatoms. The molecule has 0 heterocycles. The Hall–Kier alpha value is 1.08. The minimum atomic E-state index is 0. The van der Waals surface area contributed by atoms with Gasteiger partial charge in [0.25, 0.3) is 0 Å². The van der Waals surface area contributed by atoms with Crippen LogP contribution in [-0.2, 0) is 54.0 Å². The molecule has 0 spiro atoms. The van der Waals surface area contributed by atoms with E-state index in [9.17, 15) is 0 Å². The van der Waals surface area contributed by atoms with Gasteiger partial charge in [0.05, 0.1) is 0 Å². The van der Waals surface area contributed by atoms with Gasteiger partial charge in [-0.2, -0.15) is 0 Å². The summed E-state index contributed by atoms with van der Waals surface area (Å²) < 4.78 is 0. The Balaban J connectivity index is 0.